The minimum absolute atomic E-state index is 0.00941. The summed E-state index contributed by atoms with van der Waals surface area (Å²) in [6, 6.07) is 10.2. The zero-order valence-electron chi connectivity index (χ0n) is 10.8. The Morgan fingerprint density at radius 1 is 1.22 bits per heavy atom. The molecule has 0 atom stereocenters. The second-order valence-electron chi connectivity index (χ2n) is 5.40. The van der Waals surface area contributed by atoms with Crippen molar-refractivity contribution in [3.63, 3.8) is 0 Å². The largest absolute Gasteiger partial charge is 0.268 e. The molecule has 1 fully saturated rings. The molecule has 1 N–H and O–H groups in total. The molecule has 0 radical (unpaired) electrons. The molecule has 1 aliphatic rings. The van der Waals surface area contributed by atoms with Gasteiger partial charge in [-0.05, 0) is 36.5 Å². The van der Waals surface area contributed by atoms with Gasteiger partial charge < -0.3 is 0 Å². The first-order valence-electron chi connectivity index (χ1n) is 6.57. The van der Waals surface area contributed by atoms with Gasteiger partial charge in [0.1, 0.15) is 0 Å². The van der Waals surface area contributed by atoms with Gasteiger partial charge in [0.05, 0.1) is 5.69 Å². The maximum atomic E-state index is 11.5. The lowest BCUT2D eigenvalue weighted by Crippen LogP contribution is -2.05. The average Bonchev–Trinajstić information content (AvgIpc) is 3.13. The molecule has 0 spiro atoms. The molecule has 0 unspecified atom stereocenters. The van der Waals surface area contributed by atoms with Crippen molar-refractivity contribution in [3.8, 4) is 5.69 Å². The van der Waals surface area contributed by atoms with Crippen LogP contribution in [0.5, 0.6) is 0 Å². The summed E-state index contributed by atoms with van der Waals surface area (Å²) in [6.07, 6.45) is 2.39. The zero-order chi connectivity index (χ0) is 12.7. The van der Waals surface area contributed by atoms with E-state index in [2.05, 4.69) is 43.2 Å². The number of benzene rings is 1. The summed E-state index contributed by atoms with van der Waals surface area (Å²) in [5, 5.41) is 2.89. The van der Waals surface area contributed by atoms with Crippen LogP contribution in [-0.4, -0.2) is 9.78 Å². The van der Waals surface area contributed by atoms with E-state index in [1.54, 1.807) is 6.07 Å². The van der Waals surface area contributed by atoms with Crippen molar-refractivity contribution < 1.29 is 0 Å². The van der Waals surface area contributed by atoms with Gasteiger partial charge in [-0.15, -0.1) is 0 Å². The molecule has 1 heterocycles. The number of aromatic amines is 1. The van der Waals surface area contributed by atoms with Crippen LogP contribution < -0.4 is 5.56 Å². The fourth-order valence-corrected chi connectivity index (χ4v) is 2.31. The first-order chi connectivity index (χ1) is 8.65. The molecule has 3 heteroatoms. The number of rotatable bonds is 3. The predicted octanol–water partition coefficient (Wildman–Crippen LogP) is 3.17. The molecule has 1 aliphatic carbocycles. The summed E-state index contributed by atoms with van der Waals surface area (Å²) >= 11 is 0. The summed E-state index contributed by atoms with van der Waals surface area (Å²) < 4.78 is 1.93. The van der Waals surface area contributed by atoms with E-state index in [1.807, 2.05) is 4.68 Å². The molecule has 0 saturated heterocycles. The first-order valence-corrected chi connectivity index (χ1v) is 6.57. The fraction of sp³-hybridized carbons (Fsp3) is 0.400. The van der Waals surface area contributed by atoms with Crippen molar-refractivity contribution in [2.75, 3.05) is 0 Å². The molecule has 94 valence electrons. The van der Waals surface area contributed by atoms with Gasteiger partial charge in [-0.25, -0.2) is 0 Å². The highest BCUT2D eigenvalue weighted by molar-refractivity contribution is 5.37. The van der Waals surface area contributed by atoms with E-state index in [9.17, 15) is 4.79 Å². The highest BCUT2D eigenvalue weighted by atomic mass is 16.1. The van der Waals surface area contributed by atoms with E-state index in [4.69, 9.17) is 0 Å². The molecule has 0 amide bonds. The Morgan fingerprint density at radius 2 is 1.89 bits per heavy atom. The second-order valence-corrected chi connectivity index (χ2v) is 5.40. The van der Waals surface area contributed by atoms with Gasteiger partial charge in [-0.3, -0.25) is 14.6 Å². The van der Waals surface area contributed by atoms with Gasteiger partial charge >= 0.3 is 0 Å². The molecule has 3 nitrogen and oxygen atoms in total. The third-order valence-electron chi connectivity index (χ3n) is 3.57. The van der Waals surface area contributed by atoms with Crippen LogP contribution in [0.3, 0.4) is 0 Å². The summed E-state index contributed by atoms with van der Waals surface area (Å²) in [5.41, 5.74) is 3.48. The zero-order valence-corrected chi connectivity index (χ0v) is 10.8. The molecule has 1 aromatic carbocycles. The molecule has 18 heavy (non-hydrogen) atoms. The molecular formula is C15H18N2O. The van der Waals surface area contributed by atoms with E-state index in [-0.39, 0.29) is 5.56 Å². The second kappa shape index (κ2) is 4.16. The van der Waals surface area contributed by atoms with Crippen molar-refractivity contribution >= 4 is 0 Å². The van der Waals surface area contributed by atoms with Crippen LogP contribution in [0.4, 0.5) is 0 Å². The normalized spacial score (nSPS) is 15.3. The number of nitrogens with one attached hydrogen (secondary N) is 1. The SMILES string of the molecule is CC(C)c1ccc(-n2[nH]c(=O)cc2C2CC2)cc1. The van der Waals surface area contributed by atoms with E-state index in [0.717, 1.165) is 11.4 Å². The van der Waals surface area contributed by atoms with Crippen LogP contribution >= 0.6 is 0 Å². The smallest absolute Gasteiger partial charge is 0.264 e. The minimum Gasteiger partial charge on any atom is -0.268 e. The van der Waals surface area contributed by atoms with Crippen LogP contribution in [0.15, 0.2) is 35.1 Å². The molecule has 2 aromatic rings. The Bertz CT molecular complexity index is 600. The van der Waals surface area contributed by atoms with Gasteiger partial charge in [0, 0.05) is 17.7 Å². The highest BCUT2D eigenvalue weighted by Crippen LogP contribution is 2.40. The molecule has 1 aromatic heterocycles. The number of hydrogen-bond acceptors (Lipinski definition) is 1. The third-order valence-corrected chi connectivity index (χ3v) is 3.57. The minimum atomic E-state index is -0.00941. The van der Waals surface area contributed by atoms with Gasteiger partial charge in [-0.1, -0.05) is 26.0 Å². The molecule has 0 aliphatic heterocycles. The van der Waals surface area contributed by atoms with E-state index >= 15 is 0 Å². The van der Waals surface area contributed by atoms with Crippen molar-refractivity contribution in [1.82, 2.24) is 9.78 Å². The Morgan fingerprint density at radius 3 is 2.44 bits per heavy atom. The number of H-pyrrole nitrogens is 1. The lowest BCUT2D eigenvalue weighted by molar-refractivity contribution is 0.796. The monoisotopic (exact) mass is 242 g/mol. The standard InChI is InChI=1S/C15H18N2O/c1-10(2)11-5-7-13(8-6-11)17-14(12-3-4-12)9-15(18)16-17/h5-10,12H,3-4H2,1-2H3,(H,16,18). The average molecular weight is 242 g/mol. The van der Waals surface area contributed by atoms with E-state index < -0.39 is 0 Å². The summed E-state index contributed by atoms with van der Waals surface area (Å²) in [7, 11) is 0. The highest BCUT2D eigenvalue weighted by Gasteiger charge is 2.27. The van der Waals surface area contributed by atoms with Crippen LogP contribution in [0.2, 0.25) is 0 Å². The van der Waals surface area contributed by atoms with Crippen LogP contribution in [-0.2, 0) is 0 Å². The maximum absolute atomic E-state index is 11.5. The quantitative estimate of drug-likeness (QED) is 0.882. The molecule has 3 rings (SSSR count). The summed E-state index contributed by atoms with van der Waals surface area (Å²) in [4.78, 5) is 11.5. The predicted molar refractivity (Wildman–Crippen MR) is 72.5 cm³/mol. The van der Waals surface area contributed by atoms with Gasteiger partial charge in [0.15, 0.2) is 0 Å². The lowest BCUT2D eigenvalue weighted by atomic mass is 10.0. The Hall–Kier alpha value is -1.77. The lowest BCUT2D eigenvalue weighted by Gasteiger charge is -2.10. The Kier molecular flexibility index (Phi) is 2.62. The van der Waals surface area contributed by atoms with Crippen LogP contribution in [0, 0.1) is 0 Å². The van der Waals surface area contributed by atoms with Crippen LogP contribution in [0.25, 0.3) is 5.69 Å². The maximum Gasteiger partial charge on any atom is 0.264 e. The molecule has 1 saturated carbocycles. The number of hydrogen-bond donors (Lipinski definition) is 1. The van der Waals surface area contributed by atoms with Gasteiger partial charge in [0.2, 0.25) is 0 Å². The molecule has 0 bridgehead atoms. The van der Waals surface area contributed by atoms with Crippen molar-refractivity contribution in [2.24, 2.45) is 0 Å². The van der Waals surface area contributed by atoms with Gasteiger partial charge in [-0.2, -0.15) is 0 Å². The Labute approximate surface area is 106 Å². The summed E-state index contributed by atoms with van der Waals surface area (Å²) in [6.45, 7) is 4.37. The first kappa shape index (κ1) is 11.3. The van der Waals surface area contributed by atoms with Crippen LogP contribution in [0.1, 0.15) is 49.8 Å². The van der Waals surface area contributed by atoms with E-state index in [0.29, 0.717) is 11.8 Å². The van der Waals surface area contributed by atoms with Gasteiger partial charge in [0.25, 0.3) is 5.56 Å². The fourth-order valence-electron chi connectivity index (χ4n) is 2.31. The van der Waals surface area contributed by atoms with Crippen molar-refractivity contribution in [3.05, 3.63) is 51.9 Å². The topological polar surface area (TPSA) is 37.8 Å². The Balaban J connectivity index is 2.01. The van der Waals surface area contributed by atoms with E-state index in [1.165, 1.54) is 18.4 Å². The molecular weight excluding hydrogens is 224 g/mol. The van der Waals surface area contributed by atoms with Crippen molar-refractivity contribution in [1.29, 1.82) is 0 Å². The summed E-state index contributed by atoms with van der Waals surface area (Å²) in [5.74, 6) is 1.10. The third kappa shape index (κ3) is 2.01. The van der Waals surface area contributed by atoms with Crippen molar-refractivity contribution in [2.45, 2.75) is 38.5 Å². The number of aromatic nitrogens is 2. The number of nitrogens with zero attached hydrogens (tertiary/aromatic N) is 1.